The van der Waals surface area contributed by atoms with Crippen LogP contribution in [-0.2, 0) is 10.0 Å². The van der Waals surface area contributed by atoms with Gasteiger partial charge in [0.2, 0.25) is 5.95 Å². The number of fused-ring (bicyclic) bond motifs is 1. The standard InChI is InChI=1S/C34H33ClN8O5S/c35-28-21-37-34(39-32(28)27-22-42(29-9-5-4-8-26(27)29)49(47,48)25-6-2-1-3-7-25)38-24-12-16-41(17-13-24)33(44)23-10-11-30(43(45)46)31(20-23)40-18-14-36-15-19-40/h1-11,20-22,24,36H,12-19H2,(H,37,38,39). The van der Waals surface area contributed by atoms with Gasteiger partial charge in [0.05, 0.1) is 32.2 Å². The van der Waals surface area contributed by atoms with Gasteiger partial charge >= 0.3 is 0 Å². The van der Waals surface area contributed by atoms with Crippen LogP contribution in [0, 0.1) is 10.1 Å². The van der Waals surface area contributed by atoms with E-state index >= 15 is 0 Å². The van der Waals surface area contributed by atoms with Gasteiger partial charge in [0, 0.05) is 74.1 Å². The van der Waals surface area contributed by atoms with E-state index in [1.54, 1.807) is 59.6 Å². The molecule has 3 aromatic carbocycles. The number of nitrogens with zero attached hydrogens (tertiary/aromatic N) is 6. The third kappa shape index (κ3) is 6.42. The van der Waals surface area contributed by atoms with Crippen molar-refractivity contribution in [3.05, 3.63) is 106 Å². The van der Waals surface area contributed by atoms with Crippen molar-refractivity contribution >= 4 is 55.8 Å². The Morgan fingerprint density at radius 2 is 1.69 bits per heavy atom. The molecular formula is C34H33ClN8O5S. The smallest absolute Gasteiger partial charge is 0.292 e. The predicted octanol–water partition coefficient (Wildman–Crippen LogP) is 5.02. The molecule has 252 valence electrons. The minimum Gasteiger partial charge on any atom is -0.363 e. The summed E-state index contributed by atoms with van der Waals surface area (Å²) in [5, 5.41) is 19.3. The average Bonchev–Trinajstić information content (AvgIpc) is 3.53. The van der Waals surface area contributed by atoms with Crippen molar-refractivity contribution < 1.29 is 18.1 Å². The Labute approximate surface area is 287 Å². The van der Waals surface area contributed by atoms with Gasteiger partial charge in [0.25, 0.3) is 21.6 Å². The number of benzene rings is 3. The van der Waals surface area contributed by atoms with E-state index in [1.165, 1.54) is 22.3 Å². The van der Waals surface area contributed by atoms with Gasteiger partial charge in [-0.1, -0.05) is 48.0 Å². The lowest BCUT2D eigenvalue weighted by molar-refractivity contribution is -0.384. The molecule has 2 fully saturated rings. The normalized spacial score (nSPS) is 15.8. The van der Waals surface area contributed by atoms with Crippen molar-refractivity contribution in [1.29, 1.82) is 0 Å². The molecule has 7 rings (SSSR count). The van der Waals surface area contributed by atoms with Gasteiger partial charge < -0.3 is 20.4 Å². The number of nitro groups is 1. The summed E-state index contributed by atoms with van der Waals surface area (Å²) in [5.41, 5.74) is 2.31. The summed E-state index contributed by atoms with van der Waals surface area (Å²) in [7, 11) is -3.90. The van der Waals surface area contributed by atoms with Gasteiger partial charge in [-0.05, 0) is 43.2 Å². The van der Waals surface area contributed by atoms with Crippen LogP contribution >= 0.6 is 11.6 Å². The number of para-hydroxylation sites is 1. The van der Waals surface area contributed by atoms with Crippen LogP contribution in [0.1, 0.15) is 23.2 Å². The lowest BCUT2D eigenvalue weighted by Gasteiger charge is -2.33. The Hall–Kier alpha value is -5.05. The van der Waals surface area contributed by atoms with Gasteiger partial charge in [-0.15, -0.1) is 0 Å². The second kappa shape index (κ2) is 13.5. The zero-order valence-electron chi connectivity index (χ0n) is 26.3. The first-order chi connectivity index (χ1) is 23.7. The van der Waals surface area contributed by atoms with Crippen LogP contribution in [0.3, 0.4) is 0 Å². The molecule has 0 saturated carbocycles. The predicted molar refractivity (Wildman–Crippen MR) is 188 cm³/mol. The highest BCUT2D eigenvalue weighted by Gasteiger charge is 2.28. The molecule has 13 nitrogen and oxygen atoms in total. The highest BCUT2D eigenvalue weighted by Crippen LogP contribution is 2.36. The molecule has 0 radical (unpaired) electrons. The van der Waals surface area contributed by atoms with Crippen LogP contribution in [0.2, 0.25) is 5.02 Å². The van der Waals surface area contributed by atoms with Crippen LogP contribution in [0.25, 0.3) is 22.2 Å². The third-order valence-electron chi connectivity index (χ3n) is 8.97. The maximum Gasteiger partial charge on any atom is 0.292 e. The number of likely N-dealkylation sites (tertiary alicyclic amines) is 1. The Balaban J connectivity index is 1.08. The number of hydrogen-bond acceptors (Lipinski definition) is 10. The van der Waals surface area contributed by atoms with E-state index in [4.69, 9.17) is 16.6 Å². The van der Waals surface area contributed by atoms with Crippen LogP contribution in [0.4, 0.5) is 17.3 Å². The number of anilines is 2. The van der Waals surface area contributed by atoms with Gasteiger partial charge in [-0.3, -0.25) is 14.9 Å². The molecule has 0 unspecified atom stereocenters. The molecule has 5 aromatic rings. The van der Waals surface area contributed by atoms with Crippen LogP contribution in [0.15, 0.2) is 90.1 Å². The van der Waals surface area contributed by atoms with Crippen molar-refractivity contribution in [3.8, 4) is 11.3 Å². The van der Waals surface area contributed by atoms with E-state index in [2.05, 4.69) is 15.6 Å². The summed E-state index contributed by atoms with van der Waals surface area (Å²) in [6, 6.07) is 20.0. The first-order valence-corrected chi connectivity index (χ1v) is 17.8. The maximum atomic E-state index is 13.6. The number of halogens is 1. The first-order valence-electron chi connectivity index (χ1n) is 15.9. The molecule has 2 aromatic heterocycles. The minimum absolute atomic E-state index is 0.00826. The quantitative estimate of drug-likeness (QED) is 0.166. The maximum absolute atomic E-state index is 13.6. The fourth-order valence-corrected chi connectivity index (χ4v) is 8.01. The van der Waals surface area contributed by atoms with Gasteiger partial charge in [0.15, 0.2) is 0 Å². The molecule has 0 bridgehead atoms. The number of rotatable bonds is 8. The summed E-state index contributed by atoms with van der Waals surface area (Å²) < 4.78 is 28.5. The second-order valence-corrected chi connectivity index (χ2v) is 14.2. The Kier molecular flexibility index (Phi) is 8.92. The molecule has 2 aliphatic heterocycles. The summed E-state index contributed by atoms with van der Waals surface area (Å²) in [6.45, 7) is 3.63. The van der Waals surface area contributed by atoms with E-state index in [9.17, 15) is 23.3 Å². The van der Waals surface area contributed by atoms with Crippen molar-refractivity contribution in [2.45, 2.75) is 23.8 Å². The van der Waals surface area contributed by atoms with Crippen molar-refractivity contribution in [3.63, 3.8) is 0 Å². The molecule has 0 aliphatic carbocycles. The van der Waals surface area contributed by atoms with Crippen LogP contribution in [-0.4, -0.2) is 83.4 Å². The van der Waals surface area contributed by atoms with E-state index in [0.717, 1.165) is 0 Å². The number of hydrogen-bond donors (Lipinski definition) is 2. The van der Waals surface area contributed by atoms with Crippen molar-refractivity contribution in [2.24, 2.45) is 0 Å². The number of carbonyl (C=O) groups excluding carboxylic acids is 1. The van der Waals surface area contributed by atoms with E-state index in [1.807, 2.05) is 17.0 Å². The number of piperidine rings is 1. The number of nitro benzene ring substituents is 1. The Bertz CT molecular complexity index is 2150. The molecule has 0 spiro atoms. The fourth-order valence-electron chi connectivity index (χ4n) is 6.43. The number of piperazine rings is 1. The van der Waals surface area contributed by atoms with Gasteiger partial charge in [-0.25, -0.2) is 22.4 Å². The SMILES string of the molecule is O=C(c1ccc([N+](=O)[O-])c(N2CCNCC2)c1)N1CCC(Nc2ncc(Cl)c(-c3cn(S(=O)(=O)c4ccccc4)c4ccccc34)n2)CC1. The Morgan fingerprint density at radius 3 is 2.43 bits per heavy atom. The molecular weight excluding hydrogens is 668 g/mol. The van der Waals surface area contributed by atoms with E-state index < -0.39 is 14.9 Å². The van der Waals surface area contributed by atoms with E-state index in [-0.39, 0.29) is 27.6 Å². The monoisotopic (exact) mass is 700 g/mol. The second-order valence-electron chi connectivity index (χ2n) is 12.0. The van der Waals surface area contributed by atoms with Crippen molar-refractivity contribution in [2.75, 3.05) is 49.5 Å². The van der Waals surface area contributed by atoms with Crippen LogP contribution < -0.4 is 15.5 Å². The number of nitrogens with one attached hydrogen (secondary N) is 2. The largest absolute Gasteiger partial charge is 0.363 e. The summed E-state index contributed by atoms with van der Waals surface area (Å²) >= 11 is 6.62. The molecule has 2 saturated heterocycles. The molecule has 49 heavy (non-hydrogen) atoms. The molecule has 2 aliphatic rings. The van der Waals surface area contributed by atoms with Gasteiger partial charge in [0.1, 0.15) is 5.69 Å². The highest BCUT2D eigenvalue weighted by molar-refractivity contribution is 7.90. The third-order valence-corrected chi connectivity index (χ3v) is 10.9. The summed E-state index contributed by atoms with van der Waals surface area (Å²) in [6.07, 6.45) is 4.28. The zero-order chi connectivity index (χ0) is 34.1. The van der Waals surface area contributed by atoms with Crippen LogP contribution in [0.5, 0.6) is 0 Å². The fraction of sp³-hybridized carbons (Fsp3) is 0.265. The molecule has 0 atom stereocenters. The first kappa shape index (κ1) is 32.5. The van der Waals surface area contributed by atoms with Crippen molar-refractivity contribution in [1.82, 2.24) is 24.2 Å². The minimum atomic E-state index is -3.90. The number of aromatic nitrogens is 3. The molecule has 4 heterocycles. The highest BCUT2D eigenvalue weighted by atomic mass is 35.5. The number of amides is 1. The zero-order valence-corrected chi connectivity index (χ0v) is 27.9. The lowest BCUT2D eigenvalue weighted by atomic mass is 10.0. The van der Waals surface area contributed by atoms with E-state index in [0.29, 0.717) is 91.5 Å². The Morgan fingerprint density at radius 1 is 0.980 bits per heavy atom. The van der Waals surface area contributed by atoms with Gasteiger partial charge in [-0.2, -0.15) is 0 Å². The summed E-state index contributed by atoms with van der Waals surface area (Å²) in [4.78, 5) is 37.8. The average molecular weight is 701 g/mol. The summed E-state index contributed by atoms with van der Waals surface area (Å²) in [5.74, 6) is 0.166. The molecule has 15 heteroatoms. The lowest BCUT2D eigenvalue weighted by Crippen LogP contribution is -2.44. The topological polar surface area (TPSA) is 156 Å². The molecule has 2 N–H and O–H groups in total. The molecule has 1 amide bonds. The number of carbonyl (C=O) groups is 1.